The van der Waals surface area contributed by atoms with E-state index in [9.17, 15) is 9.59 Å². The first-order chi connectivity index (χ1) is 12.6. The Hall–Kier alpha value is -2.55. The molecule has 9 heteroatoms. The minimum atomic E-state index is -0.444. The van der Waals surface area contributed by atoms with Crippen LogP contribution in [0.4, 0.5) is 0 Å². The van der Waals surface area contributed by atoms with Crippen LogP contribution in [0.5, 0.6) is 0 Å². The fourth-order valence-corrected chi connectivity index (χ4v) is 4.04. The van der Waals surface area contributed by atoms with Crippen molar-refractivity contribution in [3.05, 3.63) is 23.9 Å². The van der Waals surface area contributed by atoms with E-state index in [0.29, 0.717) is 43.9 Å². The highest BCUT2D eigenvalue weighted by atomic mass is 16.5. The van der Waals surface area contributed by atoms with Gasteiger partial charge >= 0.3 is 0 Å². The fourth-order valence-electron chi connectivity index (χ4n) is 4.04. The zero-order chi connectivity index (χ0) is 18.1. The van der Waals surface area contributed by atoms with Gasteiger partial charge in [0.15, 0.2) is 5.65 Å². The molecule has 4 heterocycles. The van der Waals surface area contributed by atoms with Gasteiger partial charge in [-0.25, -0.2) is 0 Å². The third-order valence-electron chi connectivity index (χ3n) is 5.47. The zero-order valence-corrected chi connectivity index (χ0v) is 14.8. The summed E-state index contributed by atoms with van der Waals surface area (Å²) in [6.07, 6.45) is 4.16. The molecule has 2 aliphatic rings. The number of carbonyl (C=O) groups is 2. The van der Waals surface area contributed by atoms with Gasteiger partial charge in [0.1, 0.15) is 0 Å². The largest absolute Gasteiger partial charge is 0.383 e. The average Bonchev–Trinajstić information content (AvgIpc) is 3.29. The van der Waals surface area contributed by atoms with Crippen molar-refractivity contribution >= 4 is 17.5 Å². The van der Waals surface area contributed by atoms with E-state index >= 15 is 0 Å². The maximum atomic E-state index is 13.0. The topological polar surface area (TPSA) is 92.9 Å². The summed E-state index contributed by atoms with van der Waals surface area (Å²) in [7, 11) is 1.64. The molecule has 138 valence electrons. The quantitative estimate of drug-likeness (QED) is 0.777. The van der Waals surface area contributed by atoms with Crippen molar-refractivity contribution in [2.45, 2.75) is 19.3 Å². The van der Waals surface area contributed by atoms with Crippen LogP contribution in [0.25, 0.3) is 5.65 Å². The molecular weight excluding hydrogens is 336 g/mol. The van der Waals surface area contributed by atoms with E-state index < -0.39 is 5.41 Å². The number of methoxy groups -OCH3 is 1. The van der Waals surface area contributed by atoms with Crippen LogP contribution in [0.1, 0.15) is 29.6 Å². The number of piperidine rings is 1. The van der Waals surface area contributed by atoms with E-state index in [1.807, 2.05) is 4.90 Å². The summed E-state index contributed by atoms with van der Waals surface area (Å²) < 4.78 is 6.60. The number of fused-ring (bicyclic) bond motifs is 1. The number of hydrogen-bond donors (Lipinski definition) is 0. The highest BCUT2D eigenvalue weighted by molar-refractivity contribution is 5.95. The molecule has 1 atom stereocenters. The summed E-state index contributed by atoms with van der Waals surface area (Å²) in [5.41, 5.74) is 0.678. The predicted octanol–water partition coefficient (Wildman–Crippen LogP) is 0.225. The van der Waals surface area contributed by atoms with E-state index in [1.54, 1.807) is 30.3 Å². The summed E-state index contributed by atoms with van der Waals surface area (Å²) in [6.45, 7) is 2.99. The van der Waals surface area contributed by atoms with Gasteiger partial charge in [0.25, 0.3) is 5.91 Å². The van der Waals surface area contributed by atoms with Gasteiger partial charge in [-0.3, -0.25) is 9.59 Å². The second-order valence-corrected chi connectivity index (χ2v) is 7.05. The van der Waals surface area contributed by atoms with E-state index in [4.69, 9.17) is 4.74 Å². The Bertz CT molecular complexity index is 837. The Morgan fingerprint density at radius 1 is 1.31 bits per heavy atom. The first-order valence-electron chi connectivity index (χ1n) is 8.88. The monoisotopic (exact) mass is 358 g/mol. The molecule has 2 aromatic rings. The predicted molar refractivity (Wildman–Crippen MR) is 91.4 cm³/mol. The number of hydrogen-bond acceptors (Lipinski definition) is 6. The highest BCUT2D eigenvalue weighted by Gasteiger charge is 2.49. The molecular formula is C17H22N6O3. The number of likely N-dealkylation sites (tertiary alicyclic amines) is 2. The van der Waals surface area contributed by atoms with Gasteiger partial charge in [0, 0.05) is 39.5 Å². The van der Waals surface area contributed by atoms with Gasteiger partial charge in [-0.1, -0.05) is 0 Å². The molecule has 0 aromatic carbocycles. The van der Waals surface area contributed by atoms with Crippen LogP contribution in [0.3, 0.4) is 0 Å². The summed E-state index contributed by atoms with van der Waals surface area (Å²) >= 11 is 0. The van der Waals surface area contributed by atoms with Crippen molar-refractivity contribution in [3.8, 4) is 0 Å². The van der Waals surface area contributed by atoms with Crippen LogP contribution in [-0.4, -0.2) is 81.6 Å². The lowest BCUT2D eigenvalue weighted by Crippen LogP contribution is -2.51. The molecule has 1 spiro atoms. The van der Waals surface area contributed by atoms with Gasteiger partial charge < -0.3 is 14.5 Å². The third-order valence-corrected chi connectivity index (χ3v) is 5.47. The first-order valence-corrected chi connectivity index (χ1v) is 8.88. The number of tetrazole rings is 1. The normalized spacial score (nSPS) is 23.3. The van der Waals surface area contributed by atoms with Crippen LogP contribution < -0.4 is 0 Å². The molecule has 0 aliphatic carbocycles. The highest BCUT2D eigenvalue weighted by Crippen LogP contribution is 2.40. The van der Waals surface area contributed by atoms with Crippen molar-refractivity contribution in [1.82, 2.24) is 29.8 Å². The van der Waals surface area contributed by atoms with Gasteiger partial charge in [-0.2, -0.15) is 4.52 Å². The van der Waals surface area contributed by atoms with E-state index in [2.05, 4.69) is 15.5 Å². The number of pyridine rings is 1. The number of nitrogens with zero attached hydrogens (tertiary/aromatic N) is 6. The van der Waals surface area contributed by atoms with E-state index in [1.165, 1.54) is 4.52 Å². The standard InChI is InChI=1S/C17H22N6O3/c1-26-10-9-21-7-2-5-17(16(21)25)6-8-22(12-17)15(24)13-3-4-14-18-19-20-23(14)11-13/h3-4,11H,2,5-10,12H2,1H3/t17-/m0/s1. The average molecular weight is 358 g/mol. The summed E-state index contributed by atoms with van der Waals surface area (Å²) in [5.74, 6) is 0.0770. The molecule has 2 aromatic heterocycles. The van der Waals surface area contributed by atoms with Gasteiger partial charge in [0.05, 0.1) is 17.6 Å². The first kappa shape index (κ1) is 16.9. The molecule has 4 rings (SSSR count). The summed E-state index contributed by atoms with van der Waals surface area (Å²) in [6, 6.07) is 3.45. The van der Waals surface area contributed by atoms with Crippen molar-refractivity contribution in [2.24, 2.45) is 5.41 Å². The molecule has 2 saturated heterocycles. The molecule has 0 N–H and O–H groups in total. The van der Waals surface area contributed by atoms with Crippen LogP contribution in [0.15, 0.2) is 18.3 Å². The number of rotatable bonds is 4. The minimum Gasteiger partial charge on any atom is -0.383 e. The lowest BCUT2D eigenvalue weighted by molar-refractivity contribution is -0.146. The molecule has 0 radical (unpaired) electrons. The van der Waals surface area contributed by atoms with Crippen LogP contribution >= 0.6 is 0 Å². The Kier molecular flexibility index (Phi) is 4.31. The van der Waals surface area contributed by atoms with Crippen molar-refractivity contribution < 1.29 is 14.3 Å². The molecule has 2 aliphatic heterocycles. The summed E-state index contributed by atoms with van der Waals surface area (Å²) in [5, 5.41) is 11.3. The van der Waals surface area contributed by atoms with Crippen molar-refractivity contribution in [3.63, 3.8) is 0 Å². The third kappa shape index (κ3) is 2.82. The van der Waals surface area contributed by atoms with Crippen LogP contribution in [0, 0.1) is 5.41 Å². The summed E-state index contributed by atoms with van der Waals surface area (Å²) in [4.78, 5) is 29.6. The SMILES string of the molecule is COCCN1CCC[C@@]2(CCN(C(=O)c3ccc4nnnn4c3)C2)C1=O. The molecule has 9 nitrogen and oxygen atoms in total. The van der Waals surface area contributed by atoms with E-state index in [0.717, 1.165) is 19.4 Å². The van der Waals surface area contributed by atoms with Crippen LogP contribution in [-0.2, 0) is 9.53 Å². The molecule has 2 amide bonds. The van der Waals surface area contributed by atoms with Gasteiger partial charge in [0.2, 0.25) is 5.91 Å². The molecule has 0 saturated carbocycles. The Balaban J connectivity index is 1.50. The zero-order valence-electron chi connectivity index (χ0n) is 14.8. The number of amides is 2. The Morgan fingerprint density at radius 2 is 2.19 bits per heavy atom. The van der Waals surface area contributed by atoms with Crippen LogP contribution in [0.2, 0.25) is 0 Å². The maximum absolute atomic E-state index is 13.0. The molecule has 2 fully saturated rings. The second-order valence-electron chi connectivity index (χ2n) is 7.05. The molecule has 0 bridgehead atoms. The number of aromatic nitrogens is 4. The lowest BCUT2D eigenvalue weighted by atomic mass is 9.78. The fraction of sp³-hybridized carbons (Fsp3) is 0.588. The Morgan fingerprint density at radius 3 is 3.04 bits per heavy atom. The molecule has 26 heavy (non-hydrogen) atoms. The minimum absolute atomic E-state index is 0.0823. The maximum Gasteiger partial charge on any atom is 0.255 e. The Labute approximate surface area is 150 Å². The number of ether oxygens (including phenoxy) is 1. The lowest BCUT2D eigenvalue weighted by Gasteiger charge is -2.39. The molecule has 0 unspecified atom stereocenters. The van der Waals surface area contributed by atoms with Crippen molar-refractivity contribution in [1.29, 1.82) is 0 Å². The van der Waals surface area contributed by atoms with Gasteiger partial charge in [-0.05, 0) is 41.8 Å². The van der Waals surface area contributed by atoms with Gasteiger partial charge in [-0.15, -0.1) is 5.10 Å². The number of carbonyl (C=O) groups excluding carboxylic acids is 2. The van der Waals surface area contributed by atoms with E-state index in [-0.39, 0.29) is 11.8 Å². The smallest absolute Gasteiger partial charge is 0.255 e. The second kappa shape index (κ2) is 6.64. The van der Waals surface area contributed by atoms with Crippen molar-refractivity contribution in [2.75, 3.05) is 39.9 Å².